The smallest absolute Gasteiger partial charge is 0.397 e. The second kappa shape index (κ2) is 12.4. The van der Waals surface area contributed by atoms with Crippen LogP contribution >= 0.6 is 0 Å². The summed E-state index contributed by atoms with van der Waals surface area (Å²) in [4.78, 5) is 18.8. The summed E-state index contributed by atoms with van der Waals surface area (Å²) < 4.78 is 48.7. The number of aliphatic hydroxyl groups is 1. The van der Waals surface area contributed by atoms with Crippen LogP contribution < -0.4 is 10.2 Å². The van der Waals surface area contributed by atoms with Crippen molar-refractivity contribution in [1.29, 1.82) is 0 Å². The number of alkyl halides is 3. The topological polar surface area (TPSA) is 92.5 Å². The van der Waals surface area contributed by atoms with E-state index in [2.05, 4.69) is 53.7 Å². The number of nitrogens with zero attached hydrogens (tertiary/aromatic N) is 4. The van der Waals surface area contributed by atoms with Crippen LogP contribution in [0.5, 0.6) is 0 Å². The van der Waals surface area contributed by atoms with Gasteiger partial charge in [0.05, 0.1) is 11.6 Å². The Balaban J connectivity index is 1.52. The van der Waals surface area contributed by atoms with Crippen LogP contribution in [0.4, 0.5) is 24.7 Å². The Morgan fingerprint density at radius 1 is 1.07 bits per heavy atom. The highest BCUT2D eigenvalue weighted by Gasteiger charge is 2.42. The van der Waals surface area contributed by atoms with E-state index in [1.54, 1.807) is 6.07 Å². The molecular weight excluding hydrogens is 587 g/mol. The minimum Gasteiger partial charge on any atom is -0.397 e. The van der Waals surface area contributed by atoms with Crippen LogP contribution in [0.2, 0.25) is 18.1 Å². The number of nitrogens with one attached hydrogen (secondary N) is 1. The molecule has 0 radical (unpaired) electrons. The molecule has 0 spiro atoms. The van der Waals surface area contributed by atoms with E-state index in [0.717, 1.165) is 74.3 Å². The average molecular weight is 632 g/mol. The Morgan fingerprint density at radius 2 is 1.80 bits per heavy atom. The van der Waals surface area contributed by atoms with Crippen LogP contribution in [-0.2, 0) is 10.6 Å². The molecule has 12 heteroatoms. The maximum atomic E-state index is 13.2. The number of fused-ring (bicyclic) bond motifs is 1. The lowest BCUT2D eigenvalue weighted by molar-refractivity contribution is -0.141. The van der Waals surface area contributed by atoms with Crippen molar-refractivity contribution in [3.05, 3.63) is 47.8 Å². The maximum Gasteiger partial charge on any atom is 0.433 e. The number of carbonyl (C=O) groups excluding carboxylic acids is 1. The van der Waals surface area contributed by atoms with E-state index in [1.165, 1.54) is 12.1 Å². The molecule has 2 aromatic heterocycles. The number of hydrogen-bond donors (Lipinski definition) is 2. The first-order chi connectivity index (χ1) is 20.7. The summed E-state index contributed by atoms with van der Waals surface area (Å²) in [5, 5.41) is 18.5. The van der Waals surface area contributed by atoms with E-state index in [1.807, 2.05) is 12.1 Å². The summed E-state index contributed by atoms with van der Waals surface area (Å²) >= 11 is 0. The normalized spacial score (nSPS) is 21.9. The molecule has 1 aromatic carbocycles. The van der Waals surface area contributed by atoms with Gasteiger partial charge in [0.2, 0.25) is 0 Å². The van der Waals surface area contributed by atoms with Gasteiger partial charge in [0.1, 0.15) is 17.6 Å². The Hall–Kier alpha value is -2.96. The van der Waals surface area contributed by atoms with Gasteiger partial charge < -0.3 is 19.7 Å². The number of halogens is 3. The minimum absolute atomic E-state index is 0.0395. The molecule has 44 heavy (non-hydrogen) atoms. The third-order valence-electron chi connectivity index (χ3n) is 9.59. The monoisotopic (exact) mass is 631 g/mol. The Kier molecular flexibility index (Phi) is 9.17. The second-order valence-corrected chi connectivity index (χ2v) is 18.5. The molecule has 8 nitrogen and oxygen atoms in total. The molecule has 240 valence electrons. The van der Waals surface area contributed by atoms with E-state index in [4.69, 9.17) is 9.52 Å². The van der Waals surface area contributed by atoms with Crippen LogP contribution in [0.25, 0.3) is 10.9 Å². The van der Waals surface area contributed by atoms with Crippen molar-refractivity contribution in [2.75, 3.05) is 23.4 Å². The van der Waals surface area contributed by atoms with E-state index in [9.17, 15) is 23.1 Å². The fraction of sp³-hybridized carbons (Fsp3) is 0.594. The molecule has 0 bridgehead atoms. The van der Waals surface area contributed by atoms with E-state index < -0.39 is 26.1 Å². The number of carbonyl (C=O) groups is 1. The zero-order chi connectivity index (χ0) is 31.9. The SMILES string of the molecule is CC(C)(C)[Si](C)(C)OC1CCCCN1c1nn(C2CCC(CO)CC2)c2ccc(NC(=O)c3cccc(C(F)(F)F)n3)cc12. The molecule has 3 aromatic rings. The van der Waals surface area contributed by atoms with Gasteiger partial charge in [0.25, 0.3) is 5.91 Å². The Bertz CT molecular complexity index is 1480. The summed E-state index contributed by atoms with van der Waals surface area (Å²) in [6.07, 6.45) is 1.85. The van der Waals surface area contributed by atoms with Crippen molar-refractivity contribution in [2.24, 2.45) is 5.92 Å². The van der Waals surface area contributed by atoms with Gasteiger partial charge in [0.15, 0.2) is 14.1 Å². The van der Waals surface area contributed by atoms with Crippen molar-refractivity contribution < 1.29 is 27.5 Å². The zero-order valence-corrected chi connectivity index (χ0v) is 27.2. The summed E-state index contributed by atoms with van der Waals surface area (Å²) in [6.45, 7) is 12.2. The lowest BCUT2D eigenvalue weighted by Crippen LogP contribution is -2.51. The lowest BCUT2D eigenvalue weighted by atomic mass is 9.86. The molecule has 1 atom stereocenters. The molecule has 5 rings (SSSR count). The van der Waals surface area contributed by atoms with Gasteiger partial charge in [-0.1, -0.05) is 26.8 Å². The second-order valence-electron chi connectivity index (χ2n) is 13.7. The first kappa shape index (κ1) is 32.4. The predicted octanol–water partition coefficient (Wildman–Crippen LogP) is 7.76. The third-order valence-corrected chi connectivity index (χ3v) is 14.1. The number of pyridine rings is 1. The molecule has 2 fully saturated rings. The average Bonchev–Trinajstić information content (AvgIpc) is 3.35. The number of rotatable bonds is 7. The largest absolute Gasteiger partial charge is 0.433 e. The van der Waals surface area contributed by atoms with Crippen molar-refractivity contribution >= 4 is 36.6 Å². The molecule has 1 saturated carbocycles. The number of hydrogen-bond acceptors (Lipinski definition) is 6. The molecular formula is C32H44F3N5O3Si. The summed E-state index contributed by atoms with van der Waals surface area (Å²) in [7, 11) is -2.10. The fourth-order valence-electron chi connectivity index (χ4n) is 5.96. The quantitative estimate of drug-likeness (QED) is 0.259. The molecule has 1 aliphatic carbocycles. The van der Waals surface area contributed by atoms with Crippen LogP contribution in [0.15, 0.2) is 36.4 Å². The number of amides is 1. The lowest BCUT2D eigenvalue weighted by Gasteiger charge is -2.44. The van der Waals surface area contributed by atoms with Gasteiger partial charge in [-0.15, -0.1) is 0 Å². The number of benzene rings is 1. The highest BCUT2D eigenvalue weighted by atomic mass is 28.4. The van der Waals surface area contributed by atoms with Crippen molar-refractivity contribution in [3.63, 3.8) is 0 Å². The molecule has 3 heterocycles. The summed E-state index contributed by atoms with van der Waals surface area (Å²) in [5.41, 5.74) is -0.0435. The van der Waals surface area contributed by atoms with Crippen LogP contribution in [0.1, 0.15) is 87.9 Å². The molecule has 1 amide bonds. The van der Waals surface area contributed by atoms with E-state index in [0.29, 0.717) is 11.6 Å². The van der Waals surface area contributed by atoms with Crippen LogP contribution in [-0.4, -0.2) is 53.5 Å². The highest BCUT2D eigenvalue weighted by Crippen LogP contribution is 2.42. The standard InChI is InChI=1S/C32H44F3N5O3Si/c1-31(2,3)44(4,5)43-28-11-6-7-18-39(28)29-24-19-22(36-30(42)25-9-8-10-27(37-25)32(33,34)35)14-17-26(24)40(38-29)23-15-12-21(20-41)13-16-23/h8-10,14,17,19,21,23,28,41H,6-7,11-13,15-16,18,20H2,1-5H3,(H,36,42). The van der Waals surface area contributed by atoms with Crippen LogP contribution in [0, 0.1) is 5.92 Å². The Morgan fingerprint density at radius 3 is 2.45 bits per heavy atom. The zero-order valence-electron chi connectivity index (χ0n) is 26.2. The minimum atomic E-state index is -4.65. The van der Waals surface area contributed by atoms with Gasteiger partial charge in [-0.25, -0.2) is 4.98 Å². The fourth-order valence-corrected chi connectivity index (χ4v) is 7.24. The van der Waals surface area contributed by atoms with Gasteiger partial charge in [0, 0.05) is 24.2 Å². The maximum absolute atomic E-state index is 13.2. The van der Waals surface area contributed by atoms with Crippen molar-refractivity contribution in [2.45, 2.75) is 102 Å². The first-order valence-electron chi connectivity index (χ1n) is 15.6. The summed E-state index contributed by atoms with van der Waals surface area (Å²) in [5.74, 6) is 0.382. The summed E-state index contributed by atoms with van der Waals surface area (Å²) in [6, 6.07) is 9.01. The molecule has 1 aliphatic heterocycles. The highest BCUT2D eigenvalue weighted by molar-refractivity contribution is 6.74. The van der Waals surface area contributed by atoms with E-state index in [-0.39, 0.29) is 29.6 Å². The number of anilines is 2. The Labute approximate surface area is 258 Å². The van der Waals surface area contributed by atoms with Crippen molar-refractivity contribution in [1.82, 2.24) is 14.8 Å². The number of aromatic nitrogens is 3. The van der Waals surface area contributed by atoms with E-state index >= 15 is 0 Å². The van der Waals surface area contributed by atoms with Crippen molar-refractivity contribution in [3.8, 4) is 0 Å². The van der Waals surface area contributed by atoms with Gasteiger partial charge in [-0.2, -0.15) is 18.3 Å². The van der Waals surface area contributed by atoms with Gasteiger partial charge >= 0.3 is 6.18 Å². The third kappa shape index (κ3) is 6.81. The predicted molar refractivity (Wildman–Crippen MR) is 168 cm³/mol. The van der Waals surface area contributed by atoms with Gasteiger partial charge in [-0.05, 0) is 99.3 Å². The van der Waals surface area contributed by atoms with Crippen LogP contribution in [0.3, 0.4) is 0 Å². The molecule has 2 N–H and O–H groups in total. The molecule has 2 aliphatic rings. The molecule has 1 unspecified atom stereocenters. The first-order valence-corrected chi connectivity index (χ1v) is 18.5. The molecule has 1 saturated heterocycles. The number of piperidine rings is 1. The number of aliphatic hydroxyl groups excluding tert-OH is 1. The van der Waals surface area contributed by atoms with Gasteiger partial charge in [-0.3, -0.25) is 9.48 Å².